The average molecular weight is 274 g/mol. The van der Waals surface area contributed by atoms with E-state index >= 15 is 0 Å². The van der Waals surface area contributed by atoms with Crippen LogP contribution in [0.4, 0.5) is 0 Å². The van der Waals surface area contributed by atoms with Gasteiger partial charge >= 0.3 is 5.97 Å². The van der Waals surface area contributed by atoms with Gasteiger partial charge in [-0.2, -0.15) is 0 Å². The van der Waals surface area contributed by atoms with Crippen LogP contribution in [0.5, 0.6) is 0 Å². The molecular weight excluding hydrogens is 256 g/mol. The van der Waals surface area contributed by atoms with Crippen molar-refractivity contribution in [1.82, 2.24) is 20.2 Å². The zero-order valence-corrected chi connectivity index (χ0v) is 11.6. The van der Waals surface area contributed by atoms with Crippen LogP contribution in [0.15, 0.2) is 30.3 Å². The molecule has 0 amide bonds. The van der Waals surface area contributed by atoms with Crippen LogP contribution in [0.2, 0.25) is 0 Å². The first-order valence-electron chi connectivity index (χ1n) is 6.66. The zero-order chi connectivity index (χ0) is 14.5. The van der Waals surface area contributed by atoms with Gasteiger partial charge in [-0.1, -0.05) is 50.6 Å². The lowest BCUT2D eigenvalue weighted by Crippen LogP contribution is -2.20. The lowest BCUT2D eigenvalue weighted by molar-refractivity contribution is -0.138. The number of aliphatic carboxylic acids is 1. The topological polar surface area (TPSA) is 80.9 Å². The van der Waals surface area contributed by atoms with E-state index in [1.54, 1.807) is 0 Å². The maximum Gasteiger partial charge on any atom is 0.325 e. The van der Waals surface area contributed by atoms with Crippen molar-refractivity contribution in [2.75, 3.05) is 0 Å². The van der Waals surface area contributed by atoms with Crippen molar-refractivity contribution in [3.8, 4) is 0 Å². The first-order valence-corrected chi connectivity index (χ1v) is 6.66. The van der Waals surface area contributed by atoms with Crippen molar-refractivity contribution in [2.45, 2.75) is 32.7 Å². The highest BCUT2D eigenvalue weighted by Gasteiger charge is 2.26. The Morgan fingerprint density at radius 3 is 2.65 bits per heavy atom. The van der Waals surface area contributed by atoms with Gasteiger partial charge in [0, 0.05) is 5.92 Å². The largest absolute Gasteiger partial charge is 0.480 e. The van der Waals surface area contributed by atoms with E-state index in [2.05, 4.69) is 29.4 Å². The minimum atomic E-state index is -0.950. The fourth-order valence-corrected chi connectivity index (χ4v) is 2.30. The molecule has 6 nitrogen and oxygen atoms in total. The molecule has 2 unspecified atom stereocenters. The molecule has 0 aliphatic heterocycles. The minimum absolute atomic E-state index is 0.00412. The molecule has 0 saturated carbocycles. The van der Waals surface area contributed by atoms with Gasteiger partial charge in [-0.05, 0) is 21.9 Å². The Bertz CT molecular complexity index is 568. The van der Waals surface area contributed by atoms with Crippen molar-refractivity contribution in [3.05, 3.63) is 41.7 Å². The van der Waals surface area contributed by atoms with Gasteiger partial charge in [0.2, 0.25) is 0 Å². The summed E-state index contributed by atoms with van der Waals surface area (Å²) in [5, 5.41) is 20.4. The molecule has 1 aromatic carbocycles. The number of aromatic nitrogens is 4. The van der Waals surface area contributed by atoms with Gasteiger partial charge in [0.1, 0.15) is 6.54 Å². The molecular formula is C14H18N4O2. The molecule has 0 aliphatic rings. The van der Waals surface area contributed by atoms with Crippen molar-refractivity contribution in [2.24, 2.45) is 5.92 Å². The Kier molecular flexibility index (Phi) is 4.45. The van der Waals surface area contributed by atoms with Crippen LogP contribution in [0.3, 0.4) is 0 Å². The third-order valence-corrected chi connectivity index (χ3v) is 3.49. The van der Waals surface area contributed by atoms with Gasteiger partial charge in [-0.25, -0.2) is 4.68 Å². The number of carbonyl (C=O) groups is 1. The second kappa shape index (κ2) is 6.27. The maximum atomic E-state index is 10.9. The lowest BCUT2D eigenvalue weighted by Gasteiger charge is -2.22. The molecule has 1 heterocycles. The molecule has 2 rings (SSSR count). The Morgan fingerprint density at radius 2 is 2.05 bits per heavy atom. The van der Waals surface area contributed by atoms with Crippen LogP contribution < -0.4 is 0 Å². The highest BCUT2D eigenvalue weighted by molar-refractivity contribution is 5.66. The predicted octanol–water partition coefficient (Wildman–Crippen LogP) is 1.94. The molecule has 6 heteroatoms. The van der Waals surface area contributed by atoms with E-state index in [0.717, 1.165) is 12.0 Å². The first-order chi connectivity index (χ1) is 9.63. The van der Waals surface area contributed by atoms with E-state index in [4.69, 9.17) is 5.11 Å². The fourth-order valence-electron chi connectivity index (χ4n) is 2.30. The summed E-state index contributed by atoms with van der Waals surface area (Å²) in [5.74, 6) is -0.0334. The number of carboxylic acid groups (broad SMARTS) is 1. The monoisotopic (exact) mass is 274 g/mol. The Labute approximate surface area is 117 Å². The fraction of sp³-hybridized carbons (Fsp3) is 0.429. The molecule has 1 aromatic heterocycles. The number of nitrogens with zero attached hydrogens (tertiary/aromatic N) is 4. The number of tetrazole rings is 1. The molecule has 0 fully saturated rings. The van der Waals surface area contributed by atoms with Crippen LogP contribution in [0.25, 0.3) is 0 Å². The van der Waals surface area contributed by atoms with Crippen LogP contribution >= 0.6 is 0 Å². The molecule has 2 atom stereocenters. The standard InChI is InChI=1S/C14H18N4O2/c1-3-10(2)13(11-7-5-4-6-8-11)14-15-16-17-18(14)9-12(19)20/h4-8,10,13H,3,9H2,1-2H3,(H,19,20). The lowest BCUT2D eigenvalue weighted by atomic mass is 9.85. The highest BCUT2D eigenvalue weighted by Crippen LogP contribution is 2.31. The summed E-state index contributed by atoms with van der Waals surface area (Å²) in [7, 11) is 0. The van der Waals surface area contributed by atoms with Gasteiger partial charge in [-0.3, -0.25) is 4.79 Å². The number of rotatable bonds is 6. The van der Waals surface area contributed by atoms with E-state index in [1.165, 1.54) is 4.68 Å². The van der Waals surface area contributed by atoms with Gasteiger partial charge in [0.25, 0.3) is 0 Å². The number of benzene rings is 1. The Balaban J connectivity index is 2.42. The van der Waals surface area contributed by atoms with E-state index in [1.807, 2.05) is 30.3 Å². The van der Waals surface area contributed by atoms with E-state index in [0.29, 0.717) is 11.7 Å². The SMILES string of the molecule is CCC(C)C(c1ccccc1)c1nnnn1CC(=O)O. The molecule has 0 saturated heterocycles. The molecule has 106 valence electrons. The first kappa shape index (κ1) is 14.2. The van der Waals surface area contributed by atoms with Crippen LogP contribution in [0, 0.1) is 5.92 Å². The number of hydrogen-bond acceptors (Lipinski definition) is 4. The van der Waals surface area contributed by atoms with Gasteiger partial charge in [0.05, 0.1) is 0 Å². The van der Waals surface area contributed by atoms with Crippen LogP contribution in [-0.4, -0.2) is 31.3 Å². The normalized spacial score (nSPS) is 13.9. The second-order valence-electron chi connectivity index (χ2n) is 4.86. The van der Waals surface area contributed by atoms with Crippen molar-refractivity contribution in [3.63, 3.8) is 0 Å². The number of hydrogen-bond donors (Lipinski definition) is 1. The second-order valence-corrected chi connectivity index (χ2v) is 4.86. The van der Waals surface area contributed by atoms with Crippen molar-refractivity contribution < 1.29 is 9.90 Å². The summed E-state index contributed by atoms with van der Waals surface area (Å²) in [6.07, 6.45) is 0.958. The highest BCUT2D eigenvalue weighted by atomic mass is 16.4. The van der Waals surface area contributed by atoms with Crippen molar-refractivity contribution >= 4 is 5.97 Å². The predicted molar refractivity (Wildman–Crippen MR) is 73.2 cm³/mol. The van der Waals surface area contributed by atoms with Gasteiger partial charge < -0.3 is 5.11 Å². The van der Waals surface area contributed by atoms with E-state index in [9.17, 15) is 4.79 Å². The van der Waals surface area contributed by atoms with Gasteiger partial charge in [0.15, 0.2) is 5.82 Å². The third-order valence-electron chi connectivity index (χ3n) is 3.49. The minimum Gasteiger partial charge on any atom is -0.480 e. The molecule has 0 bridgehead atoms. The molecule has 20 heavy (non-hydrogen) atoms. The summed E-state index contributed by atoms with van der Waals surface area (Å²) in [6, 6.07) is 9.94. The molecule has 0 spiro atoms. The van der Waals surface area contributed by atoms with Crippen LogP contribution in [-0.2, 0) is 11.3 Å². The summed E-state index contributed by atoms with van der Waals surface area (Å²) >= 11 is 0. The summed E-state index contributed by atoms with van der Waals surface area (Å²) in [5.41, 5.74) is 1.10. The van der Waals surface area contributed by atoms with Crippen molar-refractivity contribution in [1.29, 1.82) is 0 Å². The molecule has 0 aliphatic carbocycles. The molecule has 1 N–H and O–H groups in total. The molecule has 2 aromatic rings. The van der Waals surface area contributed by atoms with Gasteiger partial charge in [-0.15, -0.1) is 5.10 Å². The summed E-state index contributed by atoms with van der Waals surface area (Å²) < 4.78 is 1.37. The quantitative estimate of drug-likeness (QED) is 0.870. The number of carboxylic acids is 1. The average Bonchev–Trinajstić information content (AvgIpc) is 2.87. The Morgan fingerprint density at radius 1 is 1.35 bits per heavy atom. The van der Waals surface area contributed by atoms with E-state index in [-0.39, 0.29) is 12.5 Å². The smallest absolute Gasteiger partial charge is 0.325 e. The summed E-state index contributed by atoms with van der Waals surface area (Å²) in [4.78, 5) is 10.9. The zero-order valence-electron chi connectivity index (χ0n) is 11.6. The summed E-state index contributed by atoms with van der Waals surface area (Å²) in [6.45, 7) is 4.01. The van der Waals surface area contributed by atoms with Crippen LogP contribution in [0.1, 0.15) is 37.6 Å². The Hall–Kier alpha value is -2.24. The molecule has 0 radical (unpaired) electrons. The third kappa shape index (κ3) is 3.01. The van der Waals surface area contributed by atoms with E-state index < -0.39 is 5.97 Å². The maximum absolute atomic E-state index is 10.9.